The van der Waals surface area contributed by atoms with E-state index in [0.29, 0.717) is 6.54 Å². The van der Waals surface area contributed by atoms with Gasteiger partial charge in [-0.15, -0.1) is 0 Å². The molecule has 1 aliphatic carbocycles. The summed E-state index contributed by atoms with van der Waals surface area (Å²) >= 11 is 0. The second-order valence-corrected chi connectivity index (χ2v) is 6.72. The molecule has 0 aromatic carbocycles. The van der Waals surface area contributed by atoms with Crippen molar-refractivity contribution in [3.8, 4) is 0 Å². The Labute approximate surface area is 143 Å². The molecule has 0 unspecified atom stereocenters. The van der Waals surface area contributed by atoms with Crippen molar-refractivity contribution in [1.82, 2.24) is 19.5 Å². The third-order valence-electron chi connectivity index (χ3n) is 5.15. The molecule has 0 N–H and O–H groups in total. The van der Waals surface area contributed by atoms with Crippen LogP contribution in [0, 0.1) is 0 Å². The van der Waals surface area contributed by atoms with Gasteiger partial charge in [-0.05, 0) is 44.6 Å². The summed E-state index contributed by atoms with van der Waals surface area (Å²) < 4.78 is 41.0. The standard InChI is InChI=1S/C17H20F3N5/c1-24-12-6-3-2-5-11(12)22-15(24)13-7-4-10-25(13)16-21-9-8-14(23-16)17(18,19)20/h8-9,13H,2-7,10H2,1H3/t13-/m1/s1. The quantitative estimate of drug-likeness (QED) is 0.831. The zero-order chi connectivity index (χ0) is 17.6. The highest BCUT2D eigenvalue weighted by Gasteiger charge is 2.36. The smallest absolute Gasteiger partial charge is 0.333 e. The number of rotatable bonds is 2. The number of fused-ring (bicyclic) bond motifs is 1. The Bertz CT molecular complexity index is 783. The van der Waals surface area contributed by atoms with Gasteiger partial charge in [-0.1, -0.05) is 0 Å². The van der Waals surface area contributed by atoms with Gasteiger partial charge in [0.15, 0.2) is 0 Å². The van der Waals surface area contributed by atoms with Gasteiger partial charge < -0.3 is 9.47 Å². The van der Waals surface area contributed by atoms with Crippen molar-refractivity contribution in [3.63, 3.8) is 0 Å². The summed E-state index contributed by atoms with van der Waals surface area (Å²) in [6.07, 6.45) is 2.78. The molecule has 1 fully saturated rings. The lowest BCUT2D eigenvalue weighted by atomic mass is 10.0. The molecule has 1 saturated heterocycles. The number of halogens is 3. The minimum absolute atomic E-state index is 0.0703. The molecule has 0 saturated carbocycles. The van der Waals surface area contributed by atoms with Crippen LogP contribution in [0.2, 0.25) is 0 Å². The molecule has 0 amide bonds. The minimum atomic E-state index is -4.46. The monoisotopic (exact) mass is 351 g/mol. The second kappa shape index (κ2) is 6.00. The van der Waals surface area contributed by atoms with Gasteiger partial charge in [0.25, 0.3) is 0 Å². The van der Waals surface area contributed by atoms with Crippen LogP contribution in [0.1, 0.15) is 54.6 Å². The molecule has 5 nitrogen and oxygen atoms in total. The molecule has 1 aliphatic heterocycles. The predicted octanol–water partition coefficient (Wildman–Crippen LogP) is 3.45. The van der Waals surface area contributed by atoms with Crippen molar-refractivity contribution in [2.24, 2.45) is 7.05 Å². The minimum Gasteiger partial charge on any atom is -0.333 e. The summed E-state index contributed by atoms with van der Waals surface area (Å²) in [7, 11) is 2.01. The molecular weight excluding hydrogens is 331 g/mol. The molecule has 0 spiro atoms. The summed E-state index contributed by atoms with van der Waals surface area (Å²) in [4.78, 5) is 14.6. The lowest BCUT2D eigenvalue weighted by Crippen LogP contribution is -2.27. The van der Waals surface area contributed by atoms with E-state index < -0.39 is 11.9 Å². The van der Waals surface area contributed by atoms with Crippen LogP contribution >= 0.6 is 0 Å². The Kier molecular flexibility index (Phi) is 3.92. The van der Waals surface area contributed by atoms with Gasteiger partial charge in [0.05, 0.1) is 11.7 Å². The first-order valence-electron chi connectivity index (χ1n) is 8.66. The van der Waals surface area contributed by atoms with E-state index in [2.05, 4.69) is 14.5 Å². The third kappa shape index (κ3) is 2.87. The topological polar surface area (TPSA) is 46.8 Å². The van der Waals surface area contributed by atoms with Crippen LogP contribution in [-0.2, 0) is 26.1 Å². The fourth-order valence-corrected chi connectivity index (χ4v) is 3.92. The molecule has 2 aliphatic rings. The predicted molar refractivity (Wildman–Crippen MR) is 86.2 cm³/mol. The highest BCUT2D eigenvalue weighted by molar-refractivity contribution is 5.37. The molecule has 1 atom stereocenters. The third-order valence-corrected chi connectivity index (χ3v) is 5.15. The number of hydrogen-bond acceptors (Lipinski definition) is 4. The SMILES string of the molecule is Cn1c([C@H]2CCCN2c2nccc(C(F)(F)F)n2)nc2c1CCCC2. The number of hydrogen-bond donors (Lipinski definition) is 0. The van der Waals surface area contributed by atoms with Crippen LogP contribution in [0.3, 0.4) is 0 Å². The number of aromatic nitrogens is 4. The molecule has 0 radical (unpaired) electrons. The van der Waals surface area contributed by atoms with Crippen molar-refractivity contribution in [3.05, 3.63) is 35.2 Å². The summed E-state index contributed by atoms with van der Waals surface area (Å²) in [6, 6.07) is 0.840. The number of anilines is 1. The van der Waals surface area contributed by atoms with E-state index in [1.54, 1.807) is 0 Å². The van der Waals surface area contributed by atoms with E-state index in [0.717, 1.165) is 56.1 Å². The lowest BCUT2D eigenvalue weighted by Gasteiger charge is -2.25. The van der Waals surface area contributed by atoms with Crippen molar-refractivity contribution in [1.29, 1.82) is 0 Å². The molecule has 4 rings (SSSR count). The molecule has 25 heavy (non-hydrogen) atoms. The fourth-order valence-electron chi connectivity index (χ4n) is 3.92. The van der Waals surface area contributed by atoms with Crippen LogP contribution in [0.4, 0.5) is 19.1 Å². The first kappa shape index (κ1) is 16.4. The first-order valence-corrected chi connectivity index (χ1v) is 8.66. The fraction of sp³-hybridized carbons (Fsp3) is 0.588. The van der Waals surface area contributed by atoms with E-state index in [1.165, 1.54) is 11.9 Å². The van der Waals surface area contributed by atoms with Crippen LogP contribution < -0.4 is 4.90 Å². The summed E-state index contributed by atoms with van der Waals surface area (Å²) in [5, 5.41) is 0. The maximum Gasteiger partial charge on any atom is 0.433 e. The van der Waals surface area contributed by atoms with Gasteiger partial charge in [-0.25, -0.2) is 15.0 Å². The zero-order valence-corrected chi connectivity index (χ0v) is 14.1. The Hall–Kier alpha value is -2.12. The summed E-state index contributed by atoms with van der Waals surface area (Å²) in [5.41, 5.74) is 1.50. The molecule has 2 aromatic rings. The van der Waals surface area contributed by atoms with E-state index in [4.69, 9.17) is 4.98 Å². The maximum absolute atomic E-state index is 13.0. The second-order valence-electron chi connectivity index (χ2n) is 6.72. The molecule has 3 heterocycles. The van der Waals surface area contributed by atoms with Gasteiger partial charge in [0, 0.05) is 25.5 Å². The Morgan fingerprint density at radius 1 is 1.12 bits per heavy atom. The molecular formula is C17H20F3N5. The van der Waals surface area contributed by atoms with Gasteiger partial charge in [0.2, 0.25) is 5.95 Å². The number of nitrogens with zero attached hydrogens (tertiary/aromatic N) is 5. The van der Waals surface area contributed by atoms with Crippen molar-refractivity contribution >= 4 is 5.95 Å². The maximum atomic E-state index is 13.0. The van der Waals surface area contributed by atoms with Crippen LogP contribution in [0.15, 0.2) is 12.3 Å². The van der Waals surface area contributed by atoms with Crippen LogP contribution in [0.5, 0.6) is 0 Å². The molecule has 8 heteroatoms. The van der Waals surface area contributed by atoms with Gasteiger partial charge >= 0.3 is 6.18 Å². The number of imidazole rings is 1. The normalized spacial score (nSPS) is 20.8. The Morgan fingerprint density at radius 3 is 2.68 bits per heavy atom. The highest BCUT2D eigenvalue weighted by atomic mass is 19.4. The van der Waals surface area contributed by atoms with Crippen molar-refractivity contribution < 1.29 is 13.2 Å². The van der Waals surface area contributed by atoms with Crippen LogP contribution in [-0.4, -0.2) is 26.1 Å². The van der Waals surface area contributed by atoms with Crippen molar-refractivity contribution in [2.75, 3.05) is 11.4 Å². The largest absolute Gasteiger partial charge is 0.433 e. The Balaban J connectivity index is 1.69. The zero-order valence-electron chi connectivity index (χ0n) is 14.1. The molecule has 2 aromatic heterocycles. The van der Waals surface area contributed by atoms with E-state index >= 15 is 0 Å². The number of aryl methyl sites for hydroxylation is 1. The average molecular weight is 351 g/mol. The van der Waals surface area contributed by atoms with Gasteiger partial charge in [-0.2, -0.15) is 13.2 Å². The van der Waals surface area contributed by atoms with E-state index in [1.807, 2.05) is 11.9 Å². The Morgan fingerprint density at radius 2 is 1.92 bits per heavy atom. The lowest BCUT2D eigenvalue weighted by molar-refractivity contribution is -0.141. The number of alkyl halides is 3. The van der Waals surface area contributed by atoms with Gasteiger partial charge in [-0.3, -0.25) is 0 Å². The summed E-state index contributed by atoms with van der Waals surface area (Å²) in [6.45, 7) is 0.642. The molecule has 0 bridgehead atoms. The highest BCUT2D eigenvalue weighted by Crippen LogP contribution is 2.37. The van der Waals surface area contributed by atoms with Gasteiger partial charge in [0.1, 0.15) is 11.5 Å². The van der Waals surface area contributed by atoms with E-state index in [9.17, 15) is 13.2 Å². The summed E-state index contributed by atoms with van der Waals surface area (Å²) in [5.74, 6) is 1.06. The average Bonchev–Trinajstić information content (AvgIpc) is 3.19. The van der Waals surface area contributed by atoms with Crippen molar-refractivity contribution in [2.45, 2.75) is 50.7 Å². The first-order chi connectivity index (χ1) is 11.9. The van der Waals surface area contributed by atoms with E-state index in [-0.39, 0.29) is 12.0 Å². The van der Waals surface area contributed by atoms with Crippen LogP contribution in [0.25, 0.3) is 0 Å². The molecule has 134 valence electrons.